The molecule has 0 fully saturated rings. The molecule has 7 heteroatoms. The van der Waals surface area contributed by atoms with Gasteiger partial charge >= 0.3 is 0 Å². The van der Waals surface area contributed by atoms with Gasteiger partial charge in [0, 0.05) is 17.0 Å². The molecule has 0 radical (unpaired) electrons. The third-order valence-electron chi connectivity index (χ3n) is 6.28. The second-order valence-corrected chi connectivity index (χ2v) is 8.61. The van der Waals surface area contributed by atoms with Crippen LogP contribution in [0.25, 0.3) is 5.69 Å². The number of carbonyl (C=O) groups excluding carboxylic acids is 2. The van der Waals surface area contributed by atoms with E-state index in [1.165, 1.54) is 0 Å². The Bertz CT molecular complexity index is 1450. The molecule has 0 saturated carbocycles. The number of fused-ring (bicyclic) bond motifs is 1. The summed E-state index contributed by atoms with van der Waals surface area (Å²) in [5.41, 5.74) is 5.32. The summed E-state index contributed by atoms with van der Waals surface area (Å²) >= 11 is 0. The molecule has 0 aliphatic carbocycles. The number of hydrogen-bond donors (Lipinski definition) is 2. The van der Waals surface area contributed by atoms with E-state index >= 15 is 0 Å². The van der Waals surface area contributed by atoms with Gasteiger partial charge in [0.1, 0.15) is 11.9 Å². The highest BCUT2D eigenvalue weighted by Gasteiger charge is 2.41. The Kier molecular flexibility index (Phi) is 5.63. The van der Waals surface area contributed by atoms with Crippen LogP contribution >= 0.6 is 0 Å². The van der Waals surface area contributed by atoms with Crippen molar-refractivity contribution in [2.45, 2.75) is 25.8 Å². The van der Waals surface area contributed by atoms with Crippen LogP contribution in [-0.4, -0.2) is 27.6 Å². The van der Waals surface area contributed by atoms with Crippen LogP contribution in [0, 0.1) is 25.2 Å². The minimum atomic E-state index is -0.863. The molecule has 1 aromatic heterocycles. The fraction of sp³-hybridized carbons (Fsp3) is 0.143. The summed E-state index contributed by atoms with van der Waals surface area (Å²) in [7, 11) is 0. The molecule has 172 valence electrons. The average molecular weight is 462 g/mol. The van der Waals surface area contributed by atoms with Crippen LogP contribution in [-0.2, 0) is 4.79 Å². The largest absolute Gasteiger partial charge is 0.339 e. The lowest BCUT2D eigenvalue weighted by atomic mass is 9.81. The van der Waals surface area contributed by atoms with Gasteiger partial charge in [0.25, 0.3) is 5.91 Å². The number of nitrogens with one attached hydrogen (secondary N) is 2. The lowest BCUT2D eigenvalue weighted by Gasteiger charge is -2.33. The summed E-state index contributed by atoms with van der Waals surface area (Å²) in [5.74, 6) is -0.574. The predicted octanol–water partition coefficient (Wildman–Crippen LogP) is 4.24. The number of aromatic nitrogens is 2. The van der Waals surface area contributed by atoms with Gasteiger partial charge in [0.05, 0.1) is 23.0 Å². The molecule has 2 atom stereocenters. The third-order valence-corrected chi connectivity index (χ3v) is 6.28. The Balaban J connectivity index is 1.63. The lowest BCUT2D eigenvalue weighted by Crippen LogP contribution is -2.50. The van der Waals surface area contributed by atoms with Crippen molar-refractivity contribution in [3.8, 4) is 11.8 Å². The maximum Gasteiger partial charge on any atom is 0.251 e. The molecule has 2 amide bonds. The molecule has 0 saturated heterocycles. The molecule has 2 N–H and O–H groups in total. The quantitative estimate of drug-likeness (QED) is 0.475. The SMILES string of the molecule is Cc1ccc(-n2nc(C)c3c2NC(=O)C(NC(=O)c2ccccc2)C3c2ccc(C#N)cc2)cc1. The first-order valence-corrected chi connectivity index (χ1v) is 11.3. The third kappa shape index (κ3) is 4.06. The van der Waals surface area contributed by atoms with Crippen molar-refractivity contribution in [2.75, 3.05) is 5.32 Å². The van der Waals surface area contributed by atoms with Gasteiger partial charge in [-0.15, -0.1) is 0 Å². The summed E-state index contributed by atoms with van der Waals surface area (Å²) in [6, 6.07) is 25.1. The molecule has 4 aromatic rings. The van der Waals surface area contributed by atoms with E-state index in [4.69, 9.17) is 5.10 Å². The van der Waals surface area contributed by atoms with E-state index < -0.39 is 12.0 Å². The first-order chi connectivity index (χ1) is 17.0. The minimum absolute atomic E-state index is 0.329. The van der Waals surface area contributed by atoms with Crippen molar-refractivity contribution in [3.63, 3.8) is 0 Å². The molecule has 0 bridgehead atoms. The zero-order valence-electron chi connectivity index (χ0n) is 19.3. The number of aryl methyl sites for hydroxylation is 2. The number of nitrogens with zero attached hydrogens (tertiary/aromatic N) is 3. The monoisotopic (exact) mass is 461 g/mol. The van der Waals surface area contributed by atoms with Gasteiger partial charge in [-0.3, -0.25) is 9.59 Å². The number of hydrogen-bond acceptors (Lipinski definition) is 4. The van der Waals surface area contributed by atoms with Gasteiger partial charge in [-0.1, -0.05) is 48.0 Å². The highest BCUT2D eigenvalue weighted by Crippen LogP contribution is 2.40. The first kappa shape index (κ1) is 22.1. The zero-order chi connectivity index (χ0) is 24.5. The maximum atomic E-state index is 13.5. The van der Waals surface area contributed by atoms with E-state index in [1.807, 2.05) is 56.3 Å². The van der Waals surface area contributed by atoms with E-state index in [-0.39, 0.29) is 11.8 Å². The van der Waals surface area contributed by atoms with Crippen LogP contribution < -0.4 is 10.6 Å². The highest BCUT2D eigenvalue weighted by molar-refractivity contribution is 6.04. The fourth-order valence-electron chi connectivity index (χ4n) is 4.50. The Morgan fingerprint density at radius 1 is 1.00 bits per heavy atom. The molecule has 1 aliphatic rings. The zero-order valence-corrected chi connectivity index (χ0v) is 19.3. The molecule has 0 spiro atoms. The predicted molar refractivity (Wildman–Crippen MR) is 132 cm³/mol. The van der Waals surface area contributed by atoms with Crippen LogP contribution in [0.3, 0.4) is 0 Å². The van der Waals surface area contributed by atoms with Gasteiger partial charge in [-0.2, -0.15) is 10.4 Å². The van der Waals surface area contributed by atoms with E-state index in [2.05, 4.69) is 16.7 Å². The molecule has 3 aromatic carbocycles. The number of anilines is 1. The van der Waals surface area contributed by atoms with Gasteiger partial charge in [0.15, 0.2) is 0 Å². The van der Waals surface area contributed by atoms with Gasteiger partial charge in [-0.25, -0.2) is 4.68 Å². The van der Waals surface area contributed by atoms with Crippen molar-refractivity contribution < 1.29 is 9.59 Å². The van der Waals surface area contributed by atoms with E-state index in [0.29, 0.717) is 16.9 Å². The first-order valence-electron chi connectivity index (χ1n) is 11.3. The molecule has 5 rings (SSSR count). The smallest absolute Gasteiger partial charge is 0.251 e. The Morgan fingerprint density at radius 2 is 1.69 bits per heavy atom. The molecule has 2 unspecified atom stereocenters. The van der Waals surface area contributed by atoms with Crippen LogP contribution in [0.5, 0.6) is 0 Å². The van der Waals surface area contributed by atoms with Crippen molar-refractivity contribution >= 4 is 17.6 Å². The van der Waals surface area contributed by atoms with Crippen LogP contribution in [0.15, 0.2) is 78.9 Å². The van der Waals surface area contributed by atoms with Gasteiger partial charge in [-0.05, 0) is 55.8 Å². The number of rotatable bonds is 4. The van der Waals surface area contributed by atoms with Crippen molar-refractivity contribution in [2.24, 2.45) is 0 Å². The van der Waals surface area contributed by atoms with Crippen molar-refractivity contribution in [1.82, 2.24) is 15.1 Å². The van der Waals surface area contributed by atoms with E-state index in [9.17, 15) is 14.9 Å². The summed E-state index contributed by atoms with van der Waals surface area (Å²) in [6.45, 7) is 3.91. The summed E-state index contributed by atoms with van der Waals surface area (Å²) in [5, 5.41) is 19.9. The van der Waals surface area contributed by atoms with E-state index in [0.717, 1.165) is 28.1 Å². The number of amides is 2. The normalized spacial score (nSPS) is 16.7. The maximum absolute atomic E-state index is 13.5. The number of carbonyl (C=O) groups is 2. The minimum Gasteiger partial charge on any atom is -0.339 e. The Morgan fingerprint density at radius 3 is 2.34 bits per heavy atom. The highest BCUT2D eigenvalue weighted by atomic mass is 16.2. The molecule has 35 heavy (non-hydrogen) atoms. The lowest BCUT2D eigenvalue weighted by molar-refractivity contribution is -0.118. The number of benzene rings is 3. The van der Waals surface area contributed by atoms with Crippen molar-refractivity contribution in [3.05, 3.63) is 112 Å². The van der Waals surface area contributed by atoms with Crippen LogP contribution in [0.2, 0.25) is 0 Å². The van der Waals surface area contributed by atoms with Gasteiger partial charge in [0.2, 0.25) is 5.91 Å². The summed E-state index contributed by atoms with van der Waals surface area (Å²) in [4.78, 5) is 26.5. The molecule has 7 nitrogen and oxygen atoms in total. The molecular formula is C28H23N5O2. The standard InChI is InChI=1S/C28H23N5O2/c1-17-8-14-22(15-9-17)33-26-23(18(2)32-33)24(20-12-10-19(16-29)11-13-20)25(28(35)31-26)30-27(34)21-6-4-3-5-7-21/h3-15,24-25H,1-2H3,(H,30,34)(H,31,35). The second-order valence-electron chi connectivity index (χ2n) is 8.61. The summed E-state index contributed by atoms with van der Waals surface area (Å²) < 4.78 is 1.73. The number of nitriles is 1. The molecule has 2 heterocycles. The Hall–Kier alpha value is -4.70. The van der Waals surface area contributed by atoms with Crippen LogP contribution in [0.1, 0.15) is 44.2 Å². The average Bonchev–Trinajstić information content (AvgIpc) is 3.21. The molecular weight excluding hydrogens is 438 g/mol. The summed E-state index contributed by atoms with van der Waals surface area (Å²) in [6.07, 6.45) is 0. The topological polar surface area (TPSA) is 99.8 Å². The second kappa shape index (κ2) is 8.92. The van der Waals surface area contributed by atoms with Crippen molar-refractivity contribution in [1.29, 1.82) is 5.26 Å². The van der Waals surface area contributed by atoms with Crippen LogP contribution in [0.4, 0.5) is 5.82 Å². The Labute approximate surface area is 203 Å². The fourth-order valence-corrected chi connectivity index (χ4v) is 4.50. The van der Waals surface area contributed by atoms with Gasteiger partial charge < -0.3 is 10.6 Å². The van der Waals surface area contributed by atoms with E-state index in [1.54, 1.807) is 41.1 Å². The molecule has 1 aliphatic heterocycles.